The fourth-order valence-corrected chi connectivity index (χ4v) is 1.69. The fourth-order valence-electron chi connectivity index (χ4n) is 1.69. The molecule has 1 saturated heterocycles. The normalized spacial score (nSPS) is 26.2. The maximum absolute atomic E-state index is 5.26. The van der Waals surface area contributed by atoms with Gasteiger partial charge in [0.1, 0.15) is 0 Å². The predicted octanol–water partition coefficient (Wildman–Crippen LogP) is 2.14. The SMILES string of the molecule is CC.COC(C)C1CCCN1C. The molecule has 1 rings (SSSR count). The van der Waals surface area contributed by atoms with Crippen LogP contribution in [0.2, 0.25) is 0 Å². The molecule has 12 heavy (non-hydrogen) atoms. The van der Waals surface area contributed by atoms with Crippen molar-refractivity contribution in [2.75, 3.05) is 20.7 Å². The molecule has 1 aliphatic rings. The van der Waals surface area contributed by atoms with Gasteiger partial charge in [0.05, 0.1) is 6.10 Å². The number of rotatable bonds is 2. The van der Waals surface area contributed by atoms with Crippen LogP contribution in [0.15, 0.2) is 0 Å². The van der Waals surface area contributed by atoms with Crippen LogP contribution in [-0.4, -0.2) is 37.7 Å². The molecule has 0 amide bonds. The van der Waals surface area contributed by atoms with Crippen LogP contribution >= 0.6 is 0 Å². The van der Waals surface area contributed by atoms with E-state index in [0.29, 0.717) is 12.1 Å². The van der Waals surface area contributed by atoms with E-state index >= 15 is 0 Å². The highest BCUT2D eigenvalue weighted by atomic mass is 16.5. The molecule has 1 heterocycles. The largest absolute Gasteiger partial charge is 0.380 e. The Kier molecular flexibility index (Phi) is 6.39. The molecule has 2 heteroatoms. The van der Waals surface area contributed by atoms with Gasteiger partial charge < -0.3 is 9.64 Å². The minimum Gasteiger partial charge on any atom is -0.380 e. The minimum atomic E-state index is 0.396. The highest BCUT2D eigenvalue weighted by Gasteiger charge is 2.25. The Morgan fingerprint density at radius 3 is 2.33 bits per heavy atom. The second-order valence-corrected chi connectivity index (χ2v) is 3.13. The molecule has 2 atom stereocenters. The van der Waals surface area contributed by atoms with Crippen molar-refractivity contribution in [1.29, 1.82) is 0 Å². The van der Waals surface area contributed by atoms with E-state index < -0.39 is 0 Å². The summed E-state index contributed by atoms with van der Waals surface area (Å²) in [5, 5.41) is 0. The Balaban J connectivity index is 0.000000561. The molecule has 0 bridgehead atoms. The lowest BCUT2D eigenvalue weighted by atomic mass is 10.1. The van der Waals surface area contributed by atoms with Crippen molar-refractivity contribution < 1.29 is 4.74 Å². The summed E-state index contributed by atoms with van der Waals surface area (Å²) in [4.78, 5) is 2.38. The summed E-state index contributed by atoms with van der Waals surface area (Å²) < 4.78 is 5.26. The van der Waals surface area contributed by atoms with Crippen LogP contribution in [0.5, 0.6) is 0 Å². The van der Waals surface area contributed by atoms with Crippen molar-refractivity contribution in [3.63, 3.8) is 0 Å². The summed E-state index contributed by atoms with van der Waals surface area (Å²) in [6, 6.07) is 0.657. The average Bonchev–Trinajstić information content (AvgIpc) is 2.54. The Bertz CT molecular complexity index is 106. The minimum absolute atomic E-state index is 0.396. The maximum Gasteiger partial charge on any atom is 0.0698 e. The number of methoxy groups -OCH3 is 1. The van der Waals surface area contributed by atoms with E-state index in [2.05, 4.69) is 18.9 Å². The Morgan fingerprint density at radius 2 is 2.00 bits per heavy atom. The molecule has 2 unspecified atom stereocenters. The molecule has 0 spiro atoms. The highest BCUT2D eigenvalue weighted by Crippen LogP contribution is 2.18. The zero-order valence-corrected chi connectivity index (χ0v) is 9.13. The summed E-state index contributed by atoms with van der Waals surface area (Å²) in [6.07, 6.45) is 3.02. The van der Waals surface area contributed by atoms with Gasteiger partial charge in [-0.05, 0) is 33.4 Å². The van der Waals surface area contributed by atoms with E-state index in [4.69, 9.17) is 4.74 Å². The van der Waals surface area contributed by atoms with Crippen LogP contribution in [0.25, 0.3) is 0 Å². The van der Waals surface area contributed by atoms with E-state index in [-0.39, 0.29) is 0 Å². The fraction of sp³-hybridized carbons (Fsp3) is 1.00. The van der Waals surface area contributed by atoms with E-state index in [1.165, 1.54) is 19.4 Å². The molecule has 0 aliphatic carbocycles. The van der Waals surface area contributed by atoms with Gasteiger partial charge in [-0.1, -0.05) is 13.8 Å². The third kappa shape index (κ3) is 3.11. The topological polar surface area (TPSA) is 12.5 Å². The summed E-state index contributed by atoms with van der Waals surface area (Å²) in [5.74, 6) is 0. The van der Waals surface area contributed by atoms with Gasteiger partial charge in [-0.2, -0.15) is 0 Å². The summed E-state index contributed by atoms with van der Waals surface area (Å²) in [5.41, 5.74) is 0. The molecule has 0 aromatic rings. The molecule has 0 saturated carbocycles. The van der Waals surface area contributed by atoms with Crippen LogP contribution in [-0.2, 0) is 4.74 Å². The number of likely N-dealkylation sites (tertiary alicyclic amines) is 1. The van der Waals surface area contributed by atoms with E-state index in [1.807, 2.05) is 13.8 Å². The highest BCUT2D eigenvalue weighted by molar-refractivity contribution is 4.80. The summed E-state index contributed by atoms with van der Waals surface area (Å²) >= 11 is 0. The van der Waals surface area contributed by atoms with Crippen LogP contribution in [0.4, 0.5) is 0 Å². The van der Waals surface area contributed by atoms with Crippen molar-refractivity contribution in [2.45, 2.75) is 45.8 Å². The van der Waals surface area contributed by atoms with Gasteiger partial charge in [-0.15, -0.1) is 0 Å². The van der Waals surface area contributed by atoms with Gasteiger partial charge in [0, 0.05) is 13.2 Å². The molecule has 1 fully saturated rings. The molecule has 0 aromatic carbocycles. The summed E-state index contributed by atoms with van der Waals surface area (Å²) in [7, 11) is 3.96. The second-order valence-electron chi connectivity index (χ2n) is 3.13. The lowest BCUT2D eigenvalue weighted by Gasteiger charge is -2.24. The van der Waals surface area contributed by atoms with Crippen molar-refractivity contribution in [1.82, 2.24) is 4.90 Å². The molecule has 0 N–H and O–H groups in total. The first kappa shape index (κ1) is 11.9. The lowest BCUT2D eigenvalue weighted by Crippen LogP contribution is -2.35. The molecule has 1 aliphatic heterocycles. The lowest BCUT2D eigenvalue weighted by molar-refractivity contribution is 0.0531. The third-order valence-corrected chi connectivity index (χ3v) is 2.49. The molecule has 0 radical (unpaired) electrons. The van der Waals surface area contributed by atoms with Crippen LogP contribution in [0.3, 0.4) is 0 Å². The Hall–Kier alpha value is -0.0800. The molecular weight excluding hydrogens is 150 g/mol. The predicted molar refractivity (Wildman–Crippen MR) is 53.5 cm³/mol. The number of likely N-dealkylation sites (N-methyl/N-ethyl adjacent to an activating group) is 1. The monoisotopic (exact) mass is 173 g/mol. The quantitative estimate of drug-likeness (QED) is 0.634. The van der Waals surface area contributed by atoms with Crippen LogP contribution in [0.1, 0.15) is 33.6 Å². The van der Waals surface area contributed by atoms with Gasteiger partial charge in [0.15, 0.2) is 0 Å². The number of hydrogen-bond donors (Lipinski definition) is 0. The average molecular weight is 173 g/mol. The van der Waals surface area contributed by atoms with Gasteiger partial charge in [0.2, 0.25) is 0 Å². The van der Waals surface area contributed by atoms with Crippen LogP contribution in [0, 0.1) is 0 Å². The van der Waals surface area contributed by atoms with Crippen molar-refractivity contribution >= 4 is 0 Å². The number of ether oxygens (including phenoxy) is 1. The summed E-state index contributed by atoms with van der Waals surface area (Å²) in [6.45, 7) is 7.38. The van der Waals surface area contributed by atoms with E-state index in [9.17, 15) is 0 Å². The van der Waals surface area contributed by atoms with Gasteiger partial charge in [0.25, 0.3) is 0 Å². The number of hydrogen-bond acceptors (Lipinski definition) is 2. The third-order valence-electron chi connectivity index (χ3n) is 2.49. The van der Waals surface area contributed by atoms with Gasteiger partial charge in [-0.3, -0.25) is 0 Å². The maximum atomic E-state index is 5.26. The molecule has 74 valence electrons. The zero-order valence-electron chi connectivity index (χ0n) is 9.13. The smallest absolute Gasteiger partial charge is 0.0698 e. The zero-order chi connectivity index (χ0) is 9.56. The molecule has 2 nitrogen and oxygen atoms in total. The van der Waals surface area contributed by atoms with Crippen molar-refractivity contribution in [3.8, 4) is 0 Å². The van der Waals surface area contributed by atoms with Crippen molar-refractivity contribution in [2.24, 2.45) is 0 Å². The molecular formula is C10H23NO. The Morgan fingerprint density at radius 1 is 1.42 bits per heavy atom. The molecule has 0 aromatic heterocycles. The van der Waals surface area contributed by atoms with Crippen molar-refractivity contribution in [3.05, 3.63) is 0 Å². The van der Waals surface area contributed by atoms with Crippen LogP contribution < -0.4 is 0 Å². The first-order valence-corrected chi connectivity index (χ1v) is 4.98. The second kappa shape index (κ2) is 6.44. The van der Waals surface area contributed by atoms with Gasteiger partial charge >= 0.3 is 0 Å². The van der Waals surface area contributed by atoms with E-state index in [0.717, 1.165) is 0 Å². The Labute approximate surface area is 76.9 Å². The van der Waals surface area contributed by atoms with E-state index in [1.54, 1.807) is 7.11 Å². The first-order valence-electron chi connectivity index (χ1n) is 4.98. The standard InChI is InChI=1S/C8H17NO.C2H6/c1-7(10-3)8-5-4-6-9(8)2;1-2/h7-8H,4-6H2,1-3H3;1-2H3. The number of nitrogens with zero attached hydrogens (tertiary/aromatic N) is 1. The first-order chi connectivity index (χ1) is 5.75. The van der Waals surface area contributed by atoms with Gasteiger partial charge in [-0.25, -0.2) is 0 Å².